The third-order valence-corrected chi connectivity index (χ3v) is 5.14. The van der Waals surface area contributed by atoms with Crippen molar-refractivity contribution in [3.63, 3.8) is 0 Å². The molecule has 0 aromatic rings. The molecule has 0 saturated heterocycles. The maximum atomic E-state index is 10.1. The van der Waals surface area contributed by atoms with Gasteiger partial charge in [0.2, 0.25) is 0 Å². The minimum Gasteiger partial charge on any atom is -0.396 e. The summed E-state index contributed by atoms with van der Waals surface area (Å²) < 4.78 is 0. The summed E-state index contributed by atoms with van der Waals surface area (Å²) in [7, 11) is 0. The van der Waals surface area contributed by atoms with Gasteiger partial charge in [0, 0.05) is 6.61 Å². The summed E-state index contributed by atoms with van der Waals surface area (Å²) in [6.45, 7) is 4.78. The van der Waals surface area contributed by atoms with E-state index in [2.05, 4.69) is 13.8 Å². The fourth-order valence-corrected chi connectivity index (χ4v) is 4.25. The van der Waals surface area contributed by atoms with Crippen LogP contribution in [-0.4, -0.2) is 22.9 Å². The summed E-state index contributed by atoms with van der Waals surface area (Å²) in [5.74, 6) is 1.50. The van der Waals surface area contributed by atoms with Crippen molar-refractivity contribution in [2.24, 2.45) is 23.2 Å². The zero-order valence-corrected chi connectivity index (χ0v) is 9.95. The van der Waals surface area contributed by atoms with E-state index in [1.54, 1.807) is 0 Å². The largest absolute Gasteiger partial charge is 0.396 e. The van der Waals surface area contributed by atoms with Gasteiger partial charge in [0.1, 0.15) is 0 Å². The van der Waals surface area contributed by atoms with Crippen LogP contribution in [0.5, 0.6) is 0 Å². The lowest BCUT2D eigenvalue weighted by Crippen LogP contribution is -2.41. The van der Waals surface area contributed by atoms with E-state index < -0.39 is 0 Å². The molecule has 5 atom stereocenters. The van der Waals surface area contributed by atoms with Crippen LogP contribution in [0.15, 0.2) is 0 Å². The fourth-order valence-electron chi connectivity index (χ4n) is 4.25. The highest BCUT2D eigenvalue weighted by Gasteiger charge is 2.51. The van der Waals surface area contributed by atoms with Crippen LogP contribution in [-0.2, 0) is 0 Å². The third kappa shape index (κ3) is 1.72. The molecule has 0 amide bonds. The maximum absolute atomic E-state index is 10.1. The molecule has 2 N–H and O–H groups in total. The monoisotopic (exact) mass is 212 g/mol. The summed E-state index contributed by atoms with van der Waals surface area (Å²) in [5, 5.41) is 19.4. The first-order valence-corrected chi connectivity index (χ1v) is 6.38. The predicted octanol–water partition coefficient (Wildman–Crippen LogP) is 2.19. The molecule has 2 saturated carbocycles. The Labute approximate surface area is 92.7 Å². The molecule has 0 radical (unpaired) electrons. The molecule has 0 aromatic heterocycles. The molecule has 2 aliphatic rings. The number of hydrogen-bond donors (Lipinski definition) is 2. The molecule has 0 bridgehead atoms. The average molecular weight is 212 g/mol. The topological polar surface area (TPSA) is 40.5 Å². The summed E-state index contributed by atoms with van der Waals surface area (Å²) >= 11 is 0. The molecule has 2 unspecified atom stereocenters. The standard InChI is InChI=1S/C13H24O2/c1-9(8-14)10-5-6-11-12(15)4-3-7-13(10,11)2/h9-12,14-15H,3-8H2,1-2H3/t9-,10-,11+,12?,13?/m1/s1. The van der Waals surface area contributed by atoms with Crippen LogP contribution < -0.4 is 0 Å². The first kappa shape index (κ1) is 11.4. The second-order valence-corrected chi connectivity index (χ2v) is 5.92. The second-order valence-electron chi connectivity index (χ2n) is 5.92. The Balaban J connectivity index is 2.17. The highest BCUT2D eigenvalue weighted by Crippen LogP contribution is 2.57. The van der Waals surface area contributed by atoms with Crippen LogP contribution in [0.4, 0.5) is 0 Å². The molecule has 2 fully saturated rings. The number of fused-ring (bicyclic) bond motifs is 1. The lowest BCUT2D eigenvalue weighted by Gasteiger charge is -2.45. The van der Waals surface area contributed by atoms with Gasteiger partial charge < -0.3 is 10.2 Å². The van der Waals surface area contributed by atoms with Crippen LogP contribution in [0.2, 0.25) is 0 Å². The van der Waals surface area contributed by atoms with Crippen molar-refractivity contribution < 1.29 is 10.2 Å². The van der Waals surface area contributed by atoms with E-state index in [1.165, 1.54) is 12.8 Å². The number of rotatable bonds is 2. The molecule has 2 nitrogen and oxygen atoms in total. The molecular weight excluding hydrogens is 188 g/mol. The Kier molecular flexibility index (Phi) is 3.09. The minimum atomic E-state index is -0.0837. The van der Waals surface area contributed by atoms with Crippen LogP contribution in [0.3, 0.4) is 0 Å². The predicted molar refractivity (Wildman–Crippen MR) is 60.4 cm³/mol. The first-order chi connectivity index (χ1) is 7.09. The molecule has 2 rings (SSSR count). The lowest BCUT2D eigenvalue weighted by atomic mass is 9.62. The van der Waals surface area contributed by atoms with Crippen molar-refractivity contribution in [1.82, 2.24) is 0 Å². The Morgan fingerprint density at radius 2 is 2.07 bits per heavy atom. The Morgan fingerprint density at radius 3 is 2.73 bits per heavy atom. The van der Waals surface area contributed by atoms with Gasteiger partial charge in [-0.2, -0.15) is 0 Å². The van der Waals surface area contributed by atoms with Gasteiger partial charge in [0.15, 0.2) is 0 Å². The van der Waals surface area contributed by atoms with Gasteiger partial charge in [0.25, 0.3) is 0 Å². The molecule has 2 aliphatic carbocycles. The van der Waals surface area contributed by atoms with E-state index in [0.717, 1.165) is 19.3 Å². The molecule has 0 aromatic carbocycles. The summed E-state index contributed by atoms with van der Waals surface area (Å²) in [4.78, 5) is 0. The fraction of sp³-hybridized carbons (Fsp3) is 1.00. The number of hydrogen-bond acceptors (Lipinski definition) is 2. The molecule has 0 heterocycles. The molecular formula is C13H24O2. The highest BCUT2D eigenvalue weighted by atomic mass is 16.3. The van der Waals surface area contributed by atoms with E-state index in [9.17, 15) is 10.2 Å². The van der Waals surface area contributed by atoms with Crippen molar-refractivity contribution in [2.75, 3.05) is 6.61 Å². The zero-order chi connectivity index (χ0) is 11.1. The molecule has 15 heavy (non-hydrogen) atoms. The van der Waals surface area contributed by atoms with Gasteiger partial charge in [0.05, 0.1) is 6.10 Å². The van der Waals surface area contributed by atoms with Gasteiger partial charge in [-0.25, -0.2) is 0 Å². The van der Waals surface area contributed by atoms with Crippen LogP contribution in [0, 0.1) is 23.2 Å². The van der Waals surface area contributed by atoms with Crippen molar-refractivity contribution in [2.45, 2.75) is 52.1 Å². The Bertz CT molecular complexity index is 229. The van der Waals surface area contributed by atoms with Crippen LogP contribution in [0.1, 0.15) is 46.0 Å². The Hall–Kier alpha value is -0.0800. The maximum Gasteiger partial charge on any atom is 0.0573 e. The second kappa shape index (κ2) is 4.06. The SMILES string of the molecule is C[C@H](CO)[C@H]1CC[C@H]2C(O)CCCC12C. The first-order valence-electron chi connectivity index (χ1n) is 6.38. The smallest absolute Gasteiger partial charge is 0.0573 e. The van der Waals surface area contributed by atoms with Crippen molar-refractivity contribution in [3.8, 4) is 0 Å². The molecule has 0 spiro atoms. The summed E-state index contributed by atoms with van der Waals surface area (Å²) in [6.07, 6.45) is 5.65. The van der Waals surface area contributed by atoms with E-state index in [0.29, 0.717) is 29.8 Å². The highest BCUT2D eigenvalue weighted by molar-refractivity contribution is 5.01. The van der Waals surface area contributed by atoms with Crippen LogP contribution >= 0.6 is 0 Å². The van der Waals surface area contributed by atoms with E-state index in [1.807, 2.05) is 0 Å². The summed E-state index contributed by atoms with van der Waals surface area (Å²) in [5.41, 5.74) is 0.291. The van der Waals surface area contributed by atoms with Crippen molar-refractivity contribution in [3.05, 3.63) is 0 Å². The third-order valence-electron chi connectivity index (χ3n) is 5.14. The lowest BCUT2D eigenvalue weighted by molar-refractivity contribution is -0.0321. The Morgan fingerprint density at radius 1 is 1.33 bits per heavy atom. The number of aliphatic hydroxyl groups excluding tert-OH is 2. The molecule has 2 heteroatoms. The normalized spacial score (nSPS) is 47.6. The zero-order valence-electron chi connectivity index (χ0n) is 9.95. The van der Waals surface area contributed by atoms with Gasteiger partial charge in [-0.15, -0.1) is 0 Å². The average Bonchev–Trinajstić information content (AvgIpc) is 2.56. The molecule has 88 valence electrons. The van der Waals surface area contributed by atoms with Crippen LogP contribution in [0.25, 0.3) is 0 Å². The minimum absolute atomic E-state index is 0.0837. The van der Waals surface area contributed by atoms with Gasteiger partial charge in [-0.3, -0.25) is 0 Å². The van der Waals surface area contributed by atoms with E-state index >= 15 is 0 Å². The van der Waals surface area contributed by atoms with Gasteiger partial charge in [-0.1, -0.05) is 20.3 Å². The quantitative estimate of drug-likeness (QED) is 0.736. The van der Waals surface area contributed by atoms with Crippen molar-refractivity contribution >= 4 is 0 Å². The van der Waals surface area contributed by atoms with E-state index in [4.69, 9.17) is 0 Å². The van der Waals surface area contributed by atoms with Gasteiger partial charge >= 0.3 is 0 Å². The van der Waals surface area contributed by atoms with E-state index in [-0.39, 0.29) is 6.10 Å². The van der Waals surface area contributed by atoms with Gasteiger partial charge in [-0.05, 0) is 48.9 Å². The van der Waals surface area contributed by atoms with Crippen molar-refractivity contribution in [1.29, 1.82) is 0 Å². The molecule has 0 aliphatic heterocycles. The number of aliphatic hydroxyl groups is 2. The summed E-state index contributed by atoms with van der Waals surface area (Å²) in [6, 6.07) is 0.